The predicted octanol–water partition coefficient (Wildman–Crippen LogP) is 2.41. The SMILES string of the molecule is O=C1CCCC2=C1[C@@H](c1ccccc1)[C@@H]([N+](=O)[O-])O2. The molecule has 5 nitrogen and oxygen atoms in total. The van der Waals surface area contributed by atoms with Gasteiger partial charge in [-0.05, 0) is 12.0 Å². The number of hydrogen-bond acceptors (Lipinski definition) is 4. The topological polar surface area (TPSA) is 69.4 Å². The molecule has 0 N–H and O–H groups in total. The van der Waals surface area contributed by atoms with Gasteiger partial charge in [0.05, 0.1) is 10.5 Å². The van der Waals surface area contributed by atoms with Crippen LogP contribution in [0.3, 0.4) is 0 Å². The highest BCUT2D eigenvalue weighted by atomic mass is 16.7. The van der Waals surface area contributed by atoms with Crippen LogP contribution >= 0.6 is 0 Å². The molecule has 1 aliphatic carbocycles. The average Bonchev–Trinajstić information content (AvgIpc) is 2.81. The Balaban J connectivity index is 2.08. The molecule has 0 aromatic heterocycles. The molecule has 2 aliphatic rings. The number of allylic oxidation sites excluding steroid dienone is 1. The van der Waals surface area contributed by atoms with E-state index in [0.29, 0.717) is 30.6 Å². The monoisotopic (exact) mass is 259 g/mol. The van der Waals surface area contributed by atoms with Crippen molar-refractivity contribution >= 4 is 5.78 Å². The third kappa shape index (κ3) is 1.91. The Kier molecular flexibility index (Phi) is 2.81. The lowest BCUT2D eigenvalue weighted by molar-refractivity contribution is -0.570. The summed E-state index contributed by atoms with van der Waals surface area (Å²) in [7, 11) is 0. The van der Waals surface area contributed by atoms with Gasteiger partial charge in [0.25, 0.3) is 0 Å². The molecule has 0 bridgehead atoms. The summed E-state index contributed by atoms with van der Waals surface area (Å²) in [6.45, 7) is 0. The van der Waals surface area contributed by atoms with E-state index in [4.69, 9.17) is 4.74 Å². The lowest BCUT2D eigenvalue weighted by Crippen LogP contribution is -2.27. The molecule has 0 spiro atoms. The van der Waals surface area contributed by atoms with Crippen LogP contribution in [0.15, 0.2) is 41.7 Å². The van der Waals surface area contributed by atoms with Crippen molar-refractivity contribution in [3.63, 3.8) is 0 Å². The fraction of sp³-hybridized carbons (Fsp3) is 0.357. The van der Waals surface area contributed by atoms with Crippen LogP contribution in [0.4, 0.5) is 0 Å². The lowest BCUT2D eigenvalue weighted by atomic mass is 9.84. The van der Waals surface area contributed by atoms with Crippen LogP contribution in [0.1, 0.15) is 30.7 Å². The van der Waals surface area contributed by atoms with Crippen LogP contribution in [-0.2, 0) is 9.53 Å². The minimum Gasteiger partial charge on any atom is -0.433 e. The summed E-state index contributed by atoms with van der Waals surface area (Å²) < 4.78 is 5.42. The molecule has 0 fully saturated rings. The average molecular weight is 259 g/mol. The van der Waals surface area contributed by atoms with Crippen LogP contribution in [0.5, 0.6) is 0 Å². The molecule has 1 aromatic carbocycles. The first kappa shape index (κ1) is 11.9. The van der Waals surface area contributed by atoms with E-state index in [9.17, 15) is 14.9 Å². The second-order valence-electron chi connectivity index (χ2n) is 4.80. The number of benzene rings is 1. The highest BCUT2D eigenvalue weighted by molar-refractivity contribution is 5.98. The van der Waals surface area contributed by atoms with Crippen molar-refractivity contribution in [2.45, 2.75) is 31.4 Å². The normalized spacial score (nSPS) is 26.0. The van der Waals surface area contributed by atoms with Crippen molar-refractivity contribution in [2.75, 3.05) is 0 Å². The Morgan fingerprint density at radius 3 is 2.63 bits per heavy atom. The molecule has 0 amide bonds. The summed E-state index contributed by atoms with van der Waals surface area (Å²) >= 11 is 0. The van der Waals surface area contributed by atoms with Gasteiger partial charge in [-0.2, -0.15) is 0 Å². The zero-order chi connectivity index (χ0) is 13.4. The number of ketones is 1. The molecule has 3 rings (SSSR count). The molecule has 1 aromatic rings. The first-order chi connectivity index (χ1) is 9.18. The second kappa shape index (κ2) is 4.50. The van der Waals surface area contributed by atoms with Crippen molar-refractivity contribution in [1.82, 2.24) is 0 Å². The summed E-state index contributed by atoms with van der Waals surface area (Å²) in [5.74, 6) is -0.0646. The molecule has 2 atom stereocenters. The summed E-state index contributed by atoms with van der Waals surface area (Å²) in [4.78, 5) is 22.8. The largest absolute Gasteiger partial charge is 0.433 e. The van der Waals surface area contributed by atoms with E-state index >= 15 is 0 Å². The molecule has 1 heterocycles. The van der Waals surface area contributed by atoms with Crippen molar-refractivity contribution < 1.29 is 14.5 Å². The maximum atomic E-state index is 12.1. The van der Waals surface area contributed by atoms with Crippen molar-refractivity contribution in [3.05, 3.63) is 57.3 Å². The molecular formula is C14H13NO4. The minimum absolute atomic E-state index is 0.0144. The molecule has 98 valence electrons. The van der Waals surface area contributed by atoms with Crippen LogP contribution < -0.4 is 0 Å². The summed E-state index contributed by atoms with van der Waals surface area (Å²) in [6, 6.07) is 9.10. The van der Waals surface area contributed by atoms with Gasteiger partial charge >= 0.3 is 6.23 Å². The maximum absolute atomic E-state index is 12.1. The third-order valence-corrected chi connectivity index (χ3v) is 3.63. The number of ether oxygens (including phenoxy) is 1. The number of nitrogens with zero attached hydrogens (tertiary/aromatic N) is 1. The maximum Gasteiger partial charge on any atom is 0.364 e. The second-order valence-corrected chi connectivity index (χ2v) is 4.80. The van der Waals surface area contributed by atoms with E-state index < -0.39 is 17.1 Å². The zero-order valence-electron chi connectivity index (χ0n) is 10.2. The van der Waals surface area contributed by atoms with Crippen LogP contribution in [0.25, 0.3) is 0 Å². The van der Waals surface area contributed by atoms with E-state index in [-0.39, 0.29) is 5.78 Å². The summed E-state index contributed by atoms with van der Waals surface area (Å²) in [5, 5.41) is 11.2. The Morgan fingerprint density at radius 2 is 1.95 bits per heavy atom. The molecule has 19 heavy (non-hydrogen) atoms. The van der Waals surface area contributed by atoms with Crippen molar-refractivity contribution in [2.24, 2.45) is 0 Å². The van der Waals surface area contributed by atoms with Gasteiger partial charge < -0.3 is 4.74 Å². The number of nitro groups is 1. The Morgan fingerprint density at radius 1 is 1.21 bits per heavy atom. The van der Waals surface area contributed by atoms with Gasteiger partial charge in [0.1, 0.15) is 11.7 Å². The van der Waals surface area contributed by atoms with Gasteiger partial charge in [0.15, 0.2) is 5.78 Å². The van der Waals surface area contributed by atoms with Crippen LogP contribution in [0.2, 0.25) is 0 Å². The first-order valence-electron chi connectivity index (χ1n) is 6.30. The Labute approximate surface area is 110 Å². The number of carbonyl (C=O) groups is 1. The molecule has 0 saturated carbocycles. The van der Waals surface area contributed by atoms with E-state index in [1.54, 1.807) is 0 Å². The van der Waals surface area contributed by atoms with E-state index in [0.717, 1.165) is 5.56 Å². The van der Waals surface area contributed by atoms with Gasteiger partial charge in [-0.1, -0.05) is 30.3 Å². The Hall–Kier alpha value is -2.17. The third-order valence-electron chi connectivity index (χ3n) is 3.63. The number of hydrogen-bond donors (Lipinski definition) is 0. The van der Waals surface area contributed by atoms with Gasteiger partial charge in [-0.3, -0.25) is 14.9 Å². The summed E-state index contributed by atoms with van der Waals surface area (Å²) in [6.07, 6.45) is 0.614. The van der Waals surface area contributed by atoms with Crippen molar-refractivity contribution in [3.8, 4) is 0 Å². The molecule has 0 unspecified atom stereocenters. The quantitative estimate of drug-likeness (QED) is 0.604. The summed E-state index contributed by atoms with van der Waals surface area (Å²) in [5.41, 5.74) is 1.28. The number of carbonyl (C=O) groups excluding carboxylic acids is 1. The van der Waals surface area contributed by atoms with Gasteiger partial charge in [-0.15, -0.1) is 0 Å². The van der Waals surface area contributed by atoms with Gasteiger partial charge in [-0.25, -0.2) is 0 Å². The fourth-order valence-electron chi connectivity index (χ4n) is 2.82. The minimum atomic E-state index is -1.17. The standard InChI is InChI=1S/C14H13NO4/c16-10-7-4-8-11-13(10)12(14(19-11)15(17)18)9-5-2-1-3-6-9/h1-3,5-6,12,14H,4,7-8H2/t12-,14+/m1/s1. The number of Topliss-reactive ketones (excluding diaryl/α,β-unsaturated/α-hetero) is 1. The molecular weight excluding hydrogens is 246 g/mol. The zero-order valence-corrected chi connectivity index (χ0v) is 10.2. The molecule has 1 aliphatic heterocycles. The van der Waals surface area contributed by atoms with Gasteiger partial charge in [0.2, 0.25) is 0 Å². The molecule has 0 saturated heterocycles. The predicted molar refractivity (Wildman–Crippen MR) is 66.9 cm³/mol. The van der Waals surface area contributed by atoms with Crippen LogP contribution in [-0.4, -0.2) is 16.9 Å². The van der Waals surface area contributed by atoms with E-state index in [1.807, 2.05) is 30.3 Å². The van der Waals surface area contributed by atoms with Gasteiger partial charge in [0, 0.05) is 12.8 Å². The smallest absolute Gasteiger partial charge is 0.364 e. The van der Waals surface area contributed by atoms with Crippen molar-refractivity contribution in [1.29, 1.82) is 0 Å². The fourth-order valence-corrected chi connectivity index (χ4v) is 2.82. The highest BCUT2D eigenvalue weighted by Gasteiger charge is 2.48. The highest BCUT2D eigenvalue weighted by Crippen LogP contribution is 2.43. The van der Waals surface area contributed by atoms with E-state index in [1.165, 1.54) is 0 Å². The Bertz CT molecular complexity index is 564. The molecule has 5 heteroatoms. The van der Waals surface area contributed by atoms with E-state index in [2.05, 4.69) is 0 Å². The first-order valence-corrected chi connectivity index (χ1v) is 6.30. The number of rotatable bonds is 2. The lowest BCUT2D eigenvalue weighted by Gasteiger charge is -2.15. The van der Waals surface area contributed by atoms with Crippen LogP contribution in [0, 0.1) is 10.1 Å². The molecule has 0 radical (unpaired) electrons.